The van der Waals surface area contributed by atoms with Crippen molar-refractivity contribution in [1.82, 2.24) is 0 Å². The molecule has 0 bridgehead atoms. The molecular formula is C16H17F2N. The molecule has 2 rings (SSSR count). The molecule has 3 heteroatoms. The summed E-state index contributed by atoms with van der Waals surface area (Å²) in [6.07, 6.45) is 0.688. The number of hydrogen-bond acceptors (Lipinski definition) is 1. The van der Waals surface area contributed by atoms with Gasteiger partial charge in [-0.05, 0) is 55.7 Å². The van der Waals surface area contributed by atoms with E-state index in [1.807, 2.05) is 19.9 Å². The first-order valence-corrected chi connectivity index (χ1v) is 6.32. The Morgan fingerprint density at radius 3 is 2.53 bits per heavy atom. The minimum Gasteiger partial charge on any atom is -0.382 e. The lowest BCUT2D eigenvalue weighted by Crippen LogP contribution is -2.18. The Bertz CT molecular complexity index is 566. The van der Waals surface area contributed by atoms with E-state index in [2.05, 4.69) is 5.32 Å². The molecule has 0 fully saturated rings. The molecule has 1 nitrogen and oxygen atoms in total. The van der Waals surface area contributed by atoms with Crippen molar-refractivity contribution in [1.29, 1.82) is 0 Å². The Balaban J connectivity index is 2.05. The molecule has 100 valence electrons. The summed E-state index contributed by atoms with van der Waals surface area (Å²) in [5, 5.41) is 3.26. The monoisotopic (exact) mass is 261 g/mol. The Hall–Kier alpha value is -1.90. The predicted octanol–water partition coefficient (Wildman–Crippen LogP) is 4.32. The maximum Gasteiger partial charge on any atom is 0.125 e. The fourth-order valence-corrected chi connectivity index (χ4v) is 2.08. The lowest BCUT2D eigenvalue weighted by Gasteiger charge is -2.17. The number of hydrogen-bond donors (Lipinski definition) is 1. The average molecular weight is 261 g/mol. The van der Waals surface area contributed by atoms with Crippen LogP contribution in [0.2, 0.25) is 0 Å². The predicted molar refractivity (Wildman–Crippen MR) is 74.3 cm³/mol. The third kappa shape index (κ3) is 3.78. The van der Waals surface area contributed by atoms with Crippen LogP contribution in [0.15, 0.2) is 42.5 Å². The number of rotatable bonds is 4. The van der Waals surface area contributed by atoms with Gasteiger partial charge in [0.2, 0.25) is 0 Å². The van der Waals surface area contributed by atoms with Gasteiger partial charge in [0.1, 0.15) is 11.6 Å². The van der Waals surface area contributed by atoms with Gasteiger partial charge >= 0.3 is 0 Å². The molecule has 0 saturated heterocycles. The third-order valence-electron chi connectivity index (χ3n) is 3.03. The first-order chi connectivity index (χ1) is 9.04. The van der Waals surface area contributed by atoms with Gasteiger partial charge in [-0.3, -0.25) is 0 Å². The van der Waals surface area contributed by atoms with E-state index in [4.69, 9.17) is 0 Å². The van der Waals surface area contributed by atoms with Gasteiger partial charge < -0.3 is 5.32 Å². The fraction of sp³-hybridized carbons (Fsp3) is 0.250. The molecule has 0 aliphatic carbocycles. The number of halogens is 2. The fourth-order valence-electron chi connectivity index (χ4n) is 2.08. The summed E-state index contributed by atoms with van der Waals surface area (Å²) in [7, 11) is 0. The van der Waals surface area contributed by atoms with E-state index in [-0.39, 0.29) is 17.7 Å². The van der Waals surface area contributed by atoms with Crippen LogP contribution in [0, 0.1) is 18.6 Å². The van der Waals surface area contributed by atoms with Crippen molar-refractivity contribution < 1.29 is 8.78 Å². The third-order valence-corrected chi connectivity index (χ3v) is 3.03. The minimum absolute atomic E-state index is 0.0994. The zero-order chi connectivity index (χ0) is 13.8. The SMILES string of the molecule is Cc1ccc(F)cc1NC(C)Cc1cccc(F)c1. The van der Waals surface area contributed by atoms with Crippen LogP contribution in [0.3, 0.4) is 0 Å². The average Bonchev–Trinajstić information content (AvgIpc) is 2.34. The highest BCUT2D eigenvalue weighted by molar-refractivity contribution is 5.51. The lowest BCUT2D eigenvalue weighted by molar-refractivity contribution is 0.623. The van der Waals surface area contributed by atoms with Crippen molar-refractivity contribution in [3.05, 3.63) is 65.2 Å². The molecule has 0 saturated carbocycles. The van der Waals surface area contributed by atoms with Crippen molar-refractivity contribution >= 4 is 5.69 Å². The highest BCUT2D eigenvalue weighted by Gasteiger charge is 2.07. The zero-order valence-corrected chi connectivity index (χ0v) is 11.1. The Kier molecular flexibility index (Phi) is 4.15. The van der Waals surface area contributed by atoms with E-state index in [1.165, 1.54) is 24.3 Å². The Labute approximate surface area is 112 Å². The molecule has 1 unspecified atom stereocenters. The van der Waals surface area contributed by atoms with Crippen LogP contribution in [-0.2, 0) is 6.42 Å². The van der Waals surface area contributed by atoms with Gasteiger partial charge in [-0.25, -0.2) is 8.78 Å². The standard InChI is InChI=1S/C16H17F2N/c1-11-6-7-15(18)10-16(11)19-12(2)8-13-4-3-5-14(17)9-13/h3-7,9-10,12,19H,8H2,1-2H3. The lowest BCUT2D eigenvalue weighted by atomic mass is 10.1. The maximum absolute atomic E-state index is 13.2. The molecule has 0 aliphatic rings. The van der Waals surface area contributed by atoms with Gasteiger partial charge in [0.05, 0.1) is 0 Å². The summed E-state index contributed by atoms with van der Waals surface area (Å²) in [5.74, 6) is -0.488. The summed E-state index contributed by atoms with van der Waals surface area (Å²) in [6, 6.07) is 11.3. The highest BCUT2D eigenvalue weighted by Crippen LogP contribution is 2.18. The largest absolute Gasteiger partial charge is 0.382 e. The van der Waals surface area contributed by atoms with E-state index in [9.17, 15) is 8.78 Å². The van der Waals surface area contributed by atoms with Gasteiger partial charge in [-0.15, -0.1) is 0 Å². The molecule has 1 atom stereocenters. The molecule has 0 aliphatic heterocycles. The van der Waals surface area contributed by atoms with Gasteiger partial charge in [-0.2, -0.15) is 0 Å². The van der Waals surface area contributed by atoms with Gasteiger partial charge in [-0.1, -0.05) is 18.2 Å². The molecular weight excluding hydrogens is 244 g/mol. The summed E-state index contributed by atoms with van der Waals surface area (Å²) in [6.45, 7) is 3.92. The molecule has 0 amide bonds. The van der Waals surface area contributed by atoms with Crippen molar-refractivity contribution in [3.63, 3.8) is 0 Å². The topological polar surface area (TPSA) is 12.0 Å². The van der Waals surface area contributed by atoms with Crippen molar-refractivity contribution in [2.75, 3.05) is 5.32 Å². The molecule has 0 heterocycles. The minimum atomic E-state index is -0.258. The van der Waals surface area contributed by atoms with Gasteiger partial charge in [0.25, 0.3) is 0 Å². The van der Waals surface area contributed by atoms with Gasteiger partial charge in [0.15, 0.2) is 0 Å². The quantitative estimate of drug-likeness (QED) is 0.864. The zero-order valence-electron chi connectivity index (χ0n) is 11.1. The number of nitrogens with one attached hydrogen (secondary N) is 1. The van der Waals surface area contributed by atoms with Crippen LogP contribution < -0.4 is 5.32 Å². The molecule has 1 N–H and O–H groups in total. The summed E-state index contributed by atoms with van der Waals surface area (Å²) >= 11 is 0. The molecule has 2 aromatic rings. The normalized spacial score (nSPS) is 12.2. The number of anilines is 1. The number of benzene rings is 2. The second-order valence-electron chi connectivity index (χ2n) is 4.84. The molecule has 0 spiro atoms. The second-order valence-corrected chi connectivity index (χ2v) is 4.84. The van der Waals surface area contributed by atoms with E-state index in [1.54, 1.807) is 12.1 Å². The summed E-state index contributed by atoms with van der Waals surface area (Å²) in [4.78, 5) is 0. The number of aryl methyl sites for hydroxylation is 1. The first-order valence-electron chi connectivity index (χ1n) is 6.32. The van der Waals surface area contributed by atoms with Crippen LogP contribution in [0.25, 0.3) is 0 Å². The van der Waals surface area contributed by atoms with Crippen LogP contribution in [-0.4, -0.2) is 6.04 Å². The Morgan fingerprint density at radius 1 is 1.05 bits per heavy atom. The summed E-state index contributed by atoms with van der Waals surface area (Å²) in [5.41, 5.74) is 2.70. The van der Waals surface area contributed by atoms with Crippen molar-refractivity contribution in [3.8, 4) is 0 Å². The van der Waals surface area contributed by atoms with Crippen LogP contribution >= 0.6 is 0 Å². The van der Waals surface area contributed by atoms with Gasteiger partial charge in [0, 0.05) is 11.7 Å². The van der Waals surface area contributed by atoms with E-state index < -0.39 is 0 Å². The molecule has 2 aromatic carbocycles. The molecule has 0 radical (unpaired) electrons. The van der Waals surface area contributed by atoms with Crippen LogP contribution in [0.5, 0.6) is 0 Å². The van der Waals surface area contributed by atoms with Crippen molar-refractivity contribution in [2.24, 2.45) is 0 Å². The van der Waals surface area contributed by atoms with Crippen LogP contribution in [0.1, 0.15) is 18.1 Å². The maximum atomic E-state index is 13.2. The van der Waals surface area contributed by atoms with Crippen molar-refractivity contribution in [2.45, 2.75) is 26.3 Å². The van der Waals surface area contributed by atoms with E-state index in [0.717, 1.165) is 16.8 Å². The van der Waals surface area contributed by atoms with Crippen LogP contribution in [0.4, 0.5) is 14.5 Å². The molecule has 19 heavy (non-hydrogen) atoms. The second kappa shape index (κ2) is 5.83. The van der Waals surface area contributed by atoms with E-state index >= 15 is 0 Å². The smallest absolute Gasteiger partial charge is 0.125 e. The molecule has 0 aromatic heterocycles. The highest BCUT2D eigenvalue weighted by atomic mass is 19.1. The Morgan fingerprint density at radius 2 is 1.79 bits per heavy atom. The van der Waals surface area contributed by atoms with E-state index in [0.29, 0.717) is 6.42 Å². The first kappa shape index (κ1) is 13.5. The summed E-state index contributed by atoms with van der Waals surface area (Å²) < 4.78 is 26.3.